The van der Waals surface area contributed by atoms with Crippen molar-refractivity contribution in [1.29, 1.82) is 5.41 Å². The fourth-order valence-corrected chi connectivity index (χ4v) is 5.11. The van der Waals surface area contributed by atoms with E-state index in [0.29, 0.717) is 12.0 Å². The van der Waals surface area contributed by atoms with Crippen LogP contribution in [0.3, 0.4) is 0 Å². The number of rotatable bonds is 5. The number of nitrogens with two attached hydrogens (primary N) is 1. The molecule has 4 rings (SSSR count). The quantitative estimate of drug-likeness (QED) is 0.566. The second-order valence-corrected chi connectivity index (χ2v) is 9.23. The highest BCUT2D eigenvalue weighted by atomic mass is 16.1. The Bertz CT molecular complexity index is 744. The zero-order valence-corrected chi connectivity index (χ0v) is 18.6. The van der Waals surface area contributed by atoms with Crippen LogP contribution in [0, 0.1) is 17.2 Å². The summed E-state index contributed by atoms with van der Waals surface area (Å²) >= 11 is 0. The highest BCUT2D eigenvalue weighted by Crippen LogP contribution is 2.32. The fraction of sp³-hybridized carbons (Fsp3) is 0.600. The van der Waals surface area contributed by atoms with E-state index < -0.39 is 0 Å². The summed E-state index contributed by atoms with van der Waals surface area (Å²) in [5, 5.41) is 7.43. The van der Waals surface area contributed by atoms with E-state index in [4.69, 9.17) is 11.1 Å². The highest BCUT2D eigenvalue weighted by molar-refractivity contribution is 6.08. The van der Waals surface area contributed by atoms with Gasteiger partial charge in [-0.25, -0.2) is 0 Å². The lowest BCUT2D eigenvalue weighted by molar-refractivity contribution is -0.111. The van der Waals surface area contributed by atoms with E-state index in [9.17, 15) is 4.79 Å². The summed E-state index contributed by atoms with van der Waals surface area (Å²) in [7, 11) is 2.23. The second kappa shape index (κ2) is 10.8. The SMILES string of the molecule is CC1CC(CN2CCc3cc(/C(C=N)=C/N)ccc32)CN1C.O=CC1CCCCC1. The fourth-order valence-electron chi connectivity index (χ4n) is 5.11. The molecule has 1 aliphatic carbocycles. The summed E-state index contributed by atoms with van der Waals surface area (Å²) < 4.78 is 0. The predicted molar refractivity (Wildman–Crippen MR) is 126 cm³/mol. The standard InChI is InChI=1S/C18H26N4.C7H12O/c1-13-7-14(11-21(13)2)12-22-6-5-16-8-15(3-4-18(16)22)17(9-19)10-20;8-6-7-4-2-1-3-5-7/h3-4,8-10,13-14,19H,5-7,11-12,20H2,1-2H3;6-7H,1-5H2/b17-10+,19-9?;. The van der Waals surface area contributed by atoms with Crippen LogP contribution in [-0.2, 0) is 11.2 Å². The molecular formula is C25H38N4O. The average Bonchev–Trinajstić information content (AvgIpc) is 3.32. The van der Waals surface area contributed by atoms with Gasteiger partial charge in [-0.2, -0.15) is 0 Å². The van der Waals surface area contributed by atoms with Crippen molar-refractivity contribution >= 4 is 23.8 Å². The Balaban J connectivity index is 0.000000269. The van der Waals surface area contributed by atoms with Crippen molar-refractivity contribution in [2.75, 3.05) is 31.6 Å². The first-order valence-electron chi connectivity index (χ1n) is 11.5. The van der Waals surface area contributed by atoms with Crippen LogP contribution in [0.25, 0.3) is 5.57 Å². The van der Waals surface area contributed by atoms with Gasteiger partial charge in [-0.3, -0.25) is 0 Å². The van der Waals surface area contributed by atoms with Crippen molar-refractivity contribution in [3.8, 4) is 0 Å². The normalized spacial score (nSPS) is 24.9. The summed E-state index contributed by atoms with van der Waals surface area (Å²) in [4.78, 5) is 15.2. The molecule has 1 saturated heterocycles. The summed E-state index contributed by atoms with van der Waals surface area (Å²) in [6.45, 7) is 5.80. The molecule has 1 saturated carbocycles. The molecule has 3 N–H and O–H groups in total. The lowest BCUT2D eigenvalue weighted by Crippen LogP contribution is -2.29. The smallest absolute Gasteiger partial charge is 0.123 e. The third-order valence-corrected chi connectivity index (χ3v) is 7.03. The molecule has 0 radical (unpaired) electrons. The zero-order valence-electron chi connectivity index (χ0n) is 18.6. The molecule has 2 fully saturated rings. The number of hydrogen-bond acceptors (Lipinski definition) is 5. The van der Waals surface area contributed by atoms with Gasteiger partial charge in [0.1, 0.15) is 6.29 Å². The molecule has 0 spiro atoms. The number of hydrogen-bond donors (Lipinski definition) is 2. The molecule has 3 aliphatic rings. The van der Waals surface area contributed by atoms with Crippen molar-refractivity contribution in [2.45, 2.75) is 57.9 Å². The van der Waals surface area contributed by atoms with Crippen molar-refractivity contribution in [1.82, 2.24) is 4.90 Å². The Kier molecular flexibility index (Phi) is 8.08. The number of anilines is 1. The van der Waals surface area contributed by atoms with E-state index in [1.165, 1.54) is 55.9 Å². The Morgan fingerprint density at radius 3 is 2.60 bits per heavy atom. The van der Waals surface area contributed by atoms with Gasteiger partial charge in [-0.15, -0.1) is 0 Å². The minimum Gasteiger partial charge on any atom is -0.404 e. The van der Waals surface area contributed by atoms with Crippen LogP contribution in [0.5, 0.6) is 0 Å². The lowest BCUT2D eigenvalue weighted by atomic mass is 9.91. The maximum atomic E-state index is 10.2. The molecule has 1 aromatic carbocycles. The molecule has 5 heteroatoms. The highest BCUT2D eigenvalue weighted by Gasteiger charge is 2.29. The third kappa shape index (κ3) is 5.51. The van der Waals surface area contributed by atoms with E-state index in [-0.39, 0.29) is 0 Å². The van der Waals surface area contributed by atoms with E-state index >= 15 is 0 Å². The van der Waals surface area contributed by atoms with Crippen LogP contribution in [-0.4, -0.2) is 50.1 Å². The number of allylic oxidation sites excluding steroid dienone is 1. The minimum atomic E-state index is 0.406. The molecule has 0 aromatic heterocycles. The van der Waals surface area contributed by atoms with Gasteiger partial charge in [-0.1, -0.05) is 25.3 Å². The van der Waals surface area contributed by atoms with Gasteiger partial charge in [0.15, 0.2) is 0 Å². The van der Waals surface area contributed by atoms with Gasteiger partial charge >= 0.3 is 0 Å². The predicted octanol–water partition coefficient (Wildman–Crippen LogP) is 4.10. The first kappa shape index (κ1) is 22.5. The number of fused-ring (bicyclic) bond motifs is 1. The van der Waals surface area contributed by atoms with Crippen LogP contribution in [0.1, 0.15) is 56.6 Å². The van der Waals surface area contributed by atoms with Gasteiger partial charge < -0.3 is 25.7 Å². The Labute approximate surface area is 181 Å². The summed E-state index contributed by atoms with van der Waals surface area (Å²) in [5.41, 5.74) is 10.2. The molecule has 164 valence electrons. The van der Waals surface area contributed by atoms with Gasteiger partial charge in [-0.05, 0) is 68.8 Å². The summed E-state index contributed by atoms with van der Waals surface area (Å²) in [5.74, 6) is 1.18. The van der Waals surface area contributed by atoms with Crippen LogP contribution >= 0.6 is 0 Å². The molecule has 2 heterocycles. The number of nitrogens with zero attached hydrogens (tertiary/aromatic N) is 2. The Morgan fingerprint density at radius 2 is 2.03 bits per heavy atom. The van der Waals surface area contributed by atoms with Gasteiger partial charge in [0.25, 0.3) is 0 Å². The molecule has 0 amide bonds. The molecule has 1 aromatic rings. The molecule has 5 nitrogen and oxygen atoms in total. The van der Waals surface area contributed by atoms with Gasteiger partial charge in [0.2, 0.25) is 0 Å². The first-order valence-corrected chi connectivity index (χ1v) is 11.5. The number of nitrogens with one attached hydrogen (secondary N) is 1. The number of carbonyl (C=O) groups excluding carboxylic acids is 1. The van der Waals surface area contributed by atoms with E-state index in [1.807, 2.05) is 0 Å². The molecular weight excluding hydrogens is 372 g/mol. The monoisotopic (exact) mass is 410 g/mol. The van der Waals surface area contributed by atoms with Crippen molar-refractivity contribution in [3.63, 3.8) is 0 Å². The summed E-state index contributed by atoms with van der Waals surface area (Å²) in [6, 6.07) is 7.19. The van der Waals surface area contributed by atoms with Gasteiger partial charge in [0, 0.05) is 55.3 Å². The van der Waals surface area contributed by atoms with Crippen molar-refractivity contribution < 1.29 is 4.79 Å². The van der Waals surface area contributed by atoms with Crippen molar-refractivity contribution in [2.24, 2.45) is 17.6 Å². The van der Waals surface area contributed by atoms with E-state index in [1.54, 1.807) is 0 Å². The van der Waals surface area contributed by atoms with E-state index in [0.717, 1.165) is 55.7 Å². The van der Waals surface area contributed by atoms with Crippen LogP contribution < -0.4 is 10.6 Å². The number of benzene rings is 1. The van der Waals surface area contributed by atoms with Crippen LogP contribution in [0.15, 0.2) is 24.4 Å². The number of carbonyl (C=O) groups is 1. The largest absolute Gasteiger partial charge is 0.404 e. The average molecular weight is 411 g/mol. The lowest BCUT2D eigenvalue weighted by Gasteiger charge is -2.23. The molecule has 2 atom stereocenters. The minimum absolute atomic E-state index is 0.406. The topological polar surface area (TPSA) is 73.4 Å². The maximum absolute atomic E-state index is 10.2. The number of likely N-dealkylation sites (tertiary alicyclic amines) is 1. The zero-order chi connectivity index (χ0) is 21.5. The molecule has 2 aliphatic heterocycles. The van der Waals surface area contributed by atoms with E-state index in [2.05, 4.69) is 42.0 Å². The van der Waals surface area contributed by atoms with Crippen molar-refractivity contribution in [3.05, 3.63) is 35.5 Å². The molecule has 30 heavy (non-hydrogen) atoms. The maximum Gasteiger partial charge on any atom is 0.123 e. The Morgan fingerprint density at radius 1 is 1.27 bits per heavy atom. The second-order valence-electron chi connectivity index (χ2n) is 9.23. The molecule has 0 bridgehead atoms. The first-order chi connectivity index (χ1) is 14.5. The Hall–Kier alpha value is -2.14. The van der Waals surface area contributed by atoms with Crippen LogP contribution in [0.2, 0.25) is 0 Å². The third-order valence-electron chi connectivity index (χ3n) is 7.03. The molecule has 2 unspecified atom stereocenters. The van der Waals surface area contributed by atoms with Crippen LogP contribution in [0.4, 0.5) is 5.69 Å². The van der Waals surface area contributed by atoms with Gasteiger partial charge in [0.05, 0.1) is 0 Å². The summed E-state index contributed by atoms with van der Waals surface area (Å²) in [6.07, 6.45) is 12.5. The number of aldehydes is 1.